The van der Waals surface area contributed by atoms with Gasteiger partial charge in [0, 0.05) is 25.0 Å². The zero-order chi connectivity index (χ0) is 23.1. The number of amides is 1. The Balaban J connectivity index is 1.72. The first kappa shape index (κ1) is 22.1. The lowest BCUT2D eigenvalue weighted by Gasteiger charge is -2.35. The Labute approximate surface area is 182 Å². The maximum absolute atomic E-state index is 13.5. The summed E-state index contributed by atoms with van der Waals surface area (Å²) in [7, 11) is -4.09. The van der Waals surface area contributed by atoms with Gasteiger partial charge in [-0.3, -0.25) is 13.9 Å². The third-order valence-electron chi connectivity index (χ3n) is 5.29. The fourth-order valence-electron chi connectivity index (χ4n) is 3.42. The normalized spacial score (nSPS) is 20.3. The third-order valence-corrected chi connectivity index (χ3v) is 7.26. The van der Waals surface area contributed by atoms with Gasteiger partial charge in [0.1, 0.15) is 11.6 Å². The van der Waals surface area contributed by atoms with Gasteiger partial charge in [-0.15, -0.1) is 10.6 Å². The average Bonchev–Trinajstić information content (AvgIpc) is 3.39. The summed E-state index contributed by atoms with van der Waals surface area (Å²) in [4.78, 5) is 21.5. The van der Waals surface area contributed by atoms with Crippen LogP contribution < -0.4 is 10.2 Å². The van der Waals surface area contributed by atoms with Gasteiger partial charge in [-0.05, 0) is 31.0 Å². The second-order valence-corrected chi connectivity index (χ2v) is 9.56. The fourth-order valence-corrected chi connectivity index (χ4v) is 5.11. The van der Waals surface area contributed by atoms with Crippen LogP contribution in [0.25, 0.3) is 0 Å². The van der Waals surface area contributed by atoms with Gasteiger partial charge < -0.3 is 10.2 Å². The first-order valence-corrected chi connectivity index (χ1v) is 11.1. The van der Waals surface area contributed by atoms with Gasteiger partial charge >= 0.3 is 6.18 Å². The van der Waals surface area contributed by atoms with E-state index in [1.165, 1.54) is 29.6 Å². The molecule has 0 radical (unpaired) electrons. The Morgan fingerprint density at radius 1 is 1.22 bits per heavy atom. The van der Waals surface area contributed by atoms with Gasteiger partial charge in [-0.1, -0.05) is 12.1 Å². The van der Waals surface area contributed by atoms with Gasteiger partial charge in [0.15, 0.2) is 0 Å². The van der Waals surface area contributed by atoms with Crippen molar-refractivity contribution in [2.75, 3.05) is 4.90 Å². The van der Waals surface area contributed by atoms with Crippen LogP contribution >= 0.6 is 10.6 Å². The van der Waals surface area contributed by atoms with E-state index in [4.69, 9.17) is 0 Å². The number of alkyl halides is 3. The second kappa shape index (κ2) is 7.77. The molecule has 1 aromatic carbocycles. The molecule has 0 unspecified atom stereocenters. The summed E-state index contributed by atoms with van der Waals surface area (Å²) in [5, 5.41) is 11.9. The van der Waals surface area contributed by atoms with E-state index in [9.17, 15) is 32.3 Å². The van der Waals surface area contributed by atoms with Crippen LogP contribution in [0.3, 0.4) is 0 Å². The Bertz CT molecular complexity index is 1110. The van der Waals surface area contributed by atoms with Crippen LogP contribution in [0.15, 0.2) is 58.7 Å². The number of nitriles is 1. The number of nitrogens with zero attached hydrogens (tertiary/aromatic N) is 4. The fraction of sp³-hybridized carbons (Fsp3) is 0.300. The van der Waals surface area contributed by atoms with Crippen molar-refractivity contribution in [3.8, 4) is 6.07 Å². The van der Waals surface area contributed by atoms with Gasteiger partial charge in [0.25, 0.3) is 0 Å². The molecule has 2 aromatic rings. The van der Waals surface area contributed by atoms with Gasteiger partial charge in [0.2, 0.25) is 11.9 Å². The number of benzene rings is 1. The van der Waals surface area contributed by atoms with Crippen molar-refractivity contribution in [1.82, 2.24) is 15.3 Å². The van der Waals surface area contributed by atoms with Crippen molar-refractivity contribution in [2.24, 2.45) is 0 Å². The topological polar surface area (TPSA) is 122 Å². The lowest BCUT2D eigenvalue weighted by atomic mass is 10.2. The molecule has 0 bridgehead atoms. The molecule has 12 heteroatoms. The summed E-state index contributed by atoms with van der Waals surface area (Å²) in [5.41, 5.74) is -2.15. The molecule has 1 saturated carbocycles. The van der Waals surface area contributed by atoms with Crippen LogP contribution in [-0.2, 0) is 11.0 Å². The highest BCUT2D eigenvalue weighted by Crippen LogP contribution is 2.61. The molecule has 1 aliphatic heterocycles. The lowest BCUT2D eigenvalue weighted by molar-refractivity contribution is -0.140. The summed E-state index contributed by atoms with van der Waals surface area (Å²) in [6.45, 7) is 0. The van der Waals surface area contributed by atoms with Crippen LogP contribution in [0.1, 0.15) is 24.8 Å². The molecule has 1 aliphatic carbocycles. The first-order chi connectivity index (χ1) is 15.1. The molecule has 8 nitrogen and oxygen atoms in total. The monoisotopic (exact) mass is 465 g/mol. The average molecular weight is 465 g/mol. The predicted octanol–water partition coefficient (Wildman–Crippen LogP) is 3.90. The van der Waals surface area contributed by atoms with E-state index < -0.39 is 44.7 Å². The first-order valence-electron chi connectivity index (χ1n) is 9.51. The van der Waals surface area contributed by atoms with E-state index in [1.807, 2.05) is 6.07 Å². The number of hydrogen-bond acceptors (Lipinski definition) is 7. The summed E-state index contributed by atoms with van der Waals surface area (Å²) < 4.78 is 62.3. The molecule has 4 rings (SSSR count). The minimum atomic E-state index is -4.80. The smallest absolute Gasteiger partial charge is 0.336 e. The molecule has 3 N–H and O–H groups in total. The van der Waals surface area contributed by atoms with E-state index in [0.29, 0.717) is 12.8 Å². The number of nitrogens with one attached hydrogen (secondary N) is 1. The Kier molecular flexibility index (Phi) is 5.36. The number of halogens is 3. The minimum Gasteiger partial charge on any atom is -0.336 e. The second-order valence-electron chi connectivity index (χ2n) is 7.50. The highest BCUT2D eigenvalue weighted by atomic mass is 32.3. The van der Waals surface area contributed by atoms with Crippen LogP contribution in [0.2, 0.25) is 0 Å². The third kappa shape index (κ3) is 4.02. The summed E-state index contributed by atoms with van der Waals surface area (Å²) >= 11 is 0. The Hall–Kier alpha value is -3.14. The minimum absolute atomic E-state index is 0.0590. The van der Waals surface area contributed by atoms with Crippen LogP contribution in [0, 0.1) is 11.3 Å². The molecule has 168 valence electrons. The molecular formula is C20H18F3N5O3S. The van der Waals surface area contributed by atoms with E-state index in [1.54, 1.807) is 6.07 Å². The van der Waals surface area contributed by atoms with Gasteiger partial charge in [-0.25, -0.2) is 9.97 Å². The van der Waals surface area contributed by atoms with Crippen molar-refractivity contribution < 1.29 is 27.1 Å². The number of carbonyl (C=O) groups is 1. The van der Waals surface area contributed by atoms with Crippen LogP contribution in [-0.4, -0.2) is 36.6 Å². The van der Waals surface area contributed by atoms with Gasteiger partial charge in [-0.2, -0.15) is 18.4 Å². The predicted molar refractivity (Wildman–Crippen MR) is 109 cm³/mol. The van der Waals surface area contributed by atoms with Crippen molar-refractivity contribution in [2.45, 2.75) is 41.9 Å². The molecule has 2 aliphatic rings. The highest BCUT2D eigenvalue weighted by molar-refractivity contribution is 8.27. The molecule has 1 atom stereocenters. The number of rotatable bonds is 5. The zero-order valence-corrected chi connectivity index (χ0v) is 17.3. The summed E-state index contributed by atoms with van der Waals surface area (Å²) in [5.74, 6) is -0.522. The lowest BCUT2D eigenvalue weighted by Crippen LogP contribution is -2.47. The van der Waals surface area contributed by atoms with E-state index in [-0.39, 0.29) is 17.3 Å². The van der Waals surface area contributed by atoms with E-state index in [0.717, 1.165) is 18.2 Å². The van der Waals surface area contributed by atoms with E-state index in [2.05, 4.69) is 15.3 Å². The summed E-state index contributed by atoms with van der Waals surface area (Å²) in [6, 6.07) is 6.72. The summed E-state index contributed by atoms with van der Waals surface area (Å²) in [6.07, 6.45) is -0.0797. The maximum atomic E-state index is 13.5. The molecule has 0 spiro atoms. The largest absolute Gasteiger partial charge is 0.418 e. The number of carbonyl (C=O) groups excluding carboxylic acids is 1. The molecule has 1 amide bonds. The van der Waals surface area contributed by atoms with Gasteiger partial charge in [0.05, 0.1) is 21.4 Å². The molecule has 1 aromatic heterocycles. The van der Waals surface area contributed by atoms with Crippen molar-refractivity contribution in [3.63, 3.8) is 0 Å². The standard InChI is InChI=1S/C20H18F3N5O3S/c21-20(22,23)14-4-1-2-5-16(14)32(30,31)13-10-15(17(29)27-19(12-24)6-7-19)28(11-13)18-25-8-3-9-26-18/h1-5,8-9,11,15,30-31H,6-7,10H2,(H,27,29)/t15-/m0/s1. The van der Waals surface area contributed by atoms with Crippen LogP contribution in [0.5, 0.6) is 0 Å². The number of hydrogen-bond donors (Lipinski definition) is 3. The molecule has 0 saturated heterocycles. The quantitative estimate of drug-likeness (QED) is 0.612. The molecule has 1 fully saturated rings. The Morgan fingerprint density at radius 2 is 1.88 bits per heavy atom. The van der Waals surface area contributed by atoms with Crippen molar-refractivity contribution in [3.05, 3.63) is 59.4 Å². The highest BCUT2D eigenvalue weighted by Gasteiger charge is 2.48. The maximum Gasteiger partial charge on any atom is 0.418 e. The van der Waals surface area contributed by atoms with Crippen LogP contribution in [0.4, 0.5) is 19.1 Å². The van der Waals surface area contributed by atoms with Crippen molar-refractivity contribution in [1.29, 1.82) is 5.26 Å². The molecular weight excluding hydrogens is 447 g/mol. The zero-order valence-electron chi connectivity index (χ0n) is 16.5. The number of aromatic nitrogens is 2. The Morgan fingerprint density at radius 3 is 2.47 bits per heavy atom. The number of anilines is 1. The molecule has 2 heterocycles. The SMILES string of the molecule is N#CC1(NC(=O)[C@@H]2CC(S(O)(O)c3ccccc3C(F)(F)F)=CN2c2ncccn2)CC1. The van der Waals surface area contributed by atoms with E-state index >= 15 is 0 Å². The van der Waals surface area contributed by atoms with Crippen molar-refractivity contribution >= 4 is 22.4 Å². The molecule has 32 heavy (non-hydrogen) atoms.